The number of H-pyrrole nitrogens is 1. The van der Waals surface area contributed by atoms with Crippen molar-refractivity contribution in [2.24, 2.45) is 0 Å². The van der Waals surface area contributed by atoms with Crippen molar-refractivity contribution in [1.82, 2.24) is 9.97 Å². The molecule has 0 unspecified atom stereocenters. The highest BCUT2D eigenvalue weighted by Gasteiger charge is 2.03. The van der Waals surface area contributed by atoms with Gasteiger partial charge in [0, 0.05) is 6.20 Å². The summed E-state index contributed by atoms with van der Waals surface area (Å²) in [7, 11) is 1.62. The maximum absolute atomic E-state index is 5.57. The van der Waals surface area contributed by atoms with Gasteiger partial charge >= 0.3 is 0 Å². The fraction of sp³-hybridized carbons (Fsp3) is 0.125. The summed E-state index contributed by atoms with van der Waals surface area (Å²) in [5, 5.41) is 0.914. The molecular weight excluding hydrogens is 154 g/mol. The molecule has 4 heteroatoms. The number of methoxy groups -OCH3 is 1. The fourth-order valence-electron chi connectivity index (χ4n) is 1.16. The molecule has 12 heavy (non-hydrogen) atoms. The molecule has 0 saturated carbocycles. The smallest absolute Gasteiger partial charge is 0.145 e. The van der Waals surface area contributed by atoms with Gasteiger partial charge in [0.05, 0.1) is 24.4 Å². The lowest BCUT2D eigenvalue weighted by Crippen LogP contribution is -1.86. The number of hydrogen-bond donors (Lipinski definition) is 2. The Kier molecular flexibility index (Phi) is 1.40. The van der Waals surface area contributed by atoms with E-state index >= 15 is 0 Å². The normalized spacial score (nSPS) is 10.4. The van der Waals surface area contributed by atoms with Gasteiger partial charge in [-0.3, -0.25) is 0 Å². The van der Waals surface area contributed by atoms with Gasteiger partial charge in [-0.15, -0.1) is 0 Å². The Balaban J connectivity index is 2.75. The van der Waals surface area contributed by atoms with E-state index in [1.807, 2.05) is 6.07 Å². The van der Waals surface area contributed by atoms with Crippen molar-refractivity contribution in [1.29, 1.82) is 0 Å². The highest BCUT2D eigenvalue weighted by Crippen LogP contribution is 2.24. The largest absolute Gasteiger partial charge is 0.494 e. The molecule has 2 heterocycles. The molecule has 0 aliphatic rings. The number of pyridine rings is 1. The molecule has 0 radical (unpaired) electrons. The van der Waals surface area contributed by atoms with Gasteiger partial charge in [0.25, 0.3) is 0 Å². The standard InChI is InChI=1S/C8H9N3O/c1-12-7-4-11-8-6(7)2-5(9)3-10-8/h2-4H,9H2,1H3,(H,10,11). The first-order valence-corrected chi connectivity index (χ1v) is 3.58. The van der Waals surface area contributed by atoms with Crippen LogP contribution in [0.15, 0.2) is 18.5 Å². The van der Waals surface area contributed by atoms with Gasteiger partial charge < -0.3 is 15.5 Å². The van der Waals surface area contributed by atoms with Crippen LogP contribution < -0.4 is 10.5 Å². The van der Waals surface area contributed by atoms with E-state index in [4.69, 9.17) is 10.5 Å². The van der Waals surface area contributed by atoms with Crippen LogP contribution in [0.5, 0.6) is 5.75 Å². The van der Waals surface area contributed by atoms with E-state index in [1.165, 1.54) is 0 Å². The van der Waals surface area contributed by atoms with Gasteiger partial charge in [-0.05, 0) is 6.07 Å². The summed E-state index contributed by atoms with van der Waals surface area (Å²) in [6.45, 7) is 0. The highest BCUT2D eigenvalue weighted by molar-refractivity contribution is 5.85. The molecule has 0 aromatic carbocycles. The summed E-state index contributed by atoms with van der Waals surface area (Å²) in [4.78, 5) is 7.06. The number of fused-ring (bicyclic) bond motifs is 1. The molecule has 0 bridgehead atoms. The number of ether oxygens (including phenoxy) is 1. The number of nitrogens with zero attached hydrogens (tertiary/aromatic N) is 1. The quantitative estimate of drug-likeness (QED) is 0.662. The number of rotatable bonds is 1. The second kappa shape index (κ2) is 2.41. The summed E-state index contributed by atoms with van der Waals surface area (Å²) in [6, 6.07) is 1.83. The highest BCUT2D eigenvalue weighted by atomic mass is 16.5. The average molecular weight is 163 g/mol. The fourth-order valence-corrected chi connectivity index (χ4v) is 1.16. The summed E-state index contributed by atoms with van der Waals surface area (Å²) in [6.07, 6.45) is 3.37. The van der Waals surface area contributed by atoms with E-state index in [-0.39, 0.29) is 0 Å². The first kappa shape index (κ1) is 6.97. The first-order valence-electron chi connectivity index (χ1n) is 3.58. The lowest BCUT2D eigenvalue weighted by Gasteiger charge is -1.95. The Labute approximate surface area is 69.4 Å². The van der Waals surface area contributed by atoms with E-state index in [9.17, 15) is 0 Å². The van der Waals surface area contributed by atoms with Crippen LogP contribution in [-0.2, 0) is 0 Å². The summed E-state index contributed by atoms with van der Waals surface area (Å²) < 4.78 is 5.10. The second-order valence-electron chi connectivity index (χ2n) is 2.52. The van der Waals surface area contributed by atoms with Crippen LogP contribution >= 0.6 is 0 Å². The van der Waals surface area contributed by atoms with Crippen LogP contribution in [0.3, 0.4) is 0 Å². The Morgan fingerprint density at radius 1 is 1.58 bits per heavy atom. The number of nitrogen functional groups attached to an aromatic ring is 1. The maximum Gasteiger partial charge on any atom is 0.145 e. The van der Waals surface area contributed by atoms with Crippen molar-refractivity contribution >= 4 is 16.7 Å². The topological polar surface area (TPSA) is 63.9 Å². The molecule has 0 fully saturated rings. The van der Waals surface area contributed by atoms with Crippen LogP contribution in [-0.4, -0.2) is 17.1 Å². The van der Waals surface area contributed by atoms with Gasteiger partial charge in [0.15, 0.2) is 0 Å². The van der Waals surface area contributed by atoms with Gasteiger partial charge in [0.2, 0.25) is 0 Å². The third-order valence-electron chi connectivity index (χ3n) is 1.73. The Morgan fingerprint density at radius 3 is 3.17 bits per heavy atom. The molecular formula is C8H9N3O. The number of nitrogens with one attached hydrogen (secondary N) is 1. The number of aromatic nitrogens is 2. The van der Waals surface area contributed by atoms with Crippen LogP contribution in [0, 0.1) is 0 Å². The zero-order valence-electron chi connectivity index (χ0n) is 6.66. The Bertz CT molecular complexity index is 408. The molecule has 0 atom stereocenters. The van der Waals surface area contributed by atoms with Crippen molar-refractivity contribution in [2.45, 2.75) is 0 Å². The molecule has 2 rings (SSSR count). The van der Waals surface area contributed by atoms with E-state index in [2.05, 4.69) is 9.97 Å². The molecule has 0 aliphatic carbocycles. The second-order valence-corrected chi connectivity index (χ2v) is 2.52. The molecule has 0 spiro atoms. The monoisotopic (exact) mass is 163 g/mol. The minimum atomic E-state index is 0.639. The van der Waals surface area contributed by atoms with Crippen molar-refractivity contribution in [3.63, 3.8) is 0 Å². The van der Waals surface area contributed by atoms with Gasteiger partial charge in [-0.25, -0.2) is 4.98 Å². The summed E-state index contributed by atoms with van der Waals surface area (Å²) >= 11 is 0. The first-order chi connectivity index (χ1) is 5.81. The summed E-state index contributed by atoms with van der Waals surface area (Å²) in [5.74, 6) is 0.768. The Hall–Kier alpha value is -1.71. The van der Waals surface area contributed by atoms with Crippen LogP contribution in [0.4, 0.5) is 5.69 Å². The van der Waals surface area contributed by atoms with E-state index in [0.717, 1.165) is 16.8 Å². The maximum atomic E-state index is 5.57. The van der Waals surface area contributed by atoms with E-state index in [1.54, 1.807) is 19.5 Å². The zero-order chi connectivity index (χ0) is 8.55. The number of hydrogen-bond acceptors (Lipinski definition) is 3. The number of nitrogens with two attached hydrogens (primary N) is 1. The molecule has 3 N–H and O–H groups in total. The van der Waals surface area contributed by atoms with Crippen molar-refractivity contribution in [3.8, 4) is 5.75 Å². The SMILES string of the molecule is COc1c[nH]c2ncc(N)cc12. The van der Waals surface area contributed by atoms with E-state index < -0.39 is 0 Å². The lowest BCUT2D eigenvalue weighted by atomic mass is 10.3. The average Bonchev–Trinajstić information content (AvgIpc) is 2.46. The molecule has 0 aliphatic heterocycles. The minimum Gasteiger partial charge on any atom is -0.494 e. The number of anilines is 1. The third-order valence-corrected chi connectivity index (χ3v) is 1.73. The van der Waals surface area contributed by atoms with Crippen LogP contribution in [0.2, 0.25) is 0 Å². The van der Waals surface area contributed by atoms with E-state index in [0.29, 0.717) is 5.69 Å². The third kappa shape index (κ3) is 0.887. The number of aromatic amines is 1. The van der Waals surface area contributed by atoms with Crippen molar-refractivity contribution < 1.29 is 4.74 Å². The molecule has 62 valence electrons. The predicted molar refractivity (Wildman–Crippen MR) is 47.1 cm³/mol. The van der Waals surface area contributed by atoms with Crippen molar-refractivity contribution in [3.05, 3.63) is 18.5 Å². The molecule has 0 amide bonds. The van der Waals surface area contributed by atoms with Crippen molar-refractivity contribution in [2.75, 3.05) is 12.8 Å². The molecule has 2 aromatic heterocycles. The van der Waals surface area contributed by atoms with Crippen LogP contribution in [0.1, 0.15) is 0 Å². The molecule has 2 aromatic rings. The van der Waals surface area contributed by atoms with Gasteiger partial charge in [0.1, 0.15) is 11.4 Å². The van der Waals surface area contributed by atoms with Crippen LogP contribution in [0.25, 0.3) is 11.0 Å². The molecule has 4 nitrogen and oxygen atoms in total. The lowest BCUT2D eigenvalue weighted by molar-refractivity contribution is 0.419. The Morgan fingerprint density at radius 2 is 2.42 bits per heavy atom. The zero-order valence-corrected chi connectivity index (χ0v) is 6.66. The summed E-state index contributed by atoms with van der Waals surface area (Å²) in [5.41, 5.74) is 7.01. The minimum absolute atomic E-state index is 0.639. The predicted octanol–water partition coefficient (Wildman–Crippen LogP) is 1.15. The molecule has 0 saturated heterocycles. The van der Waals surface area contributed by atoms with Gasteiger partial charge in [-0.1, -0.05) is 0 Å². The van der Waals surface area contributed by atoms with Gasteiger partial charge in [-0.2, -0.15) is 0 Å².